The molecule has 2 fully saturated rings. The average molecular weight is 423 g/mol. The molecule has 2 rings (SSSR count). The number of hydrogen-bond donors (Lipinski definition) is 2. The molecule has 2 unspecified atom stereocenters. The fourth-order valence-electron chi connectivity index (χ4n) is 3.69. The van der Waals surface area contributed by atoms with E-state index in [0.717, 1.165) is 19.6 Å². The van der Waals surface area contributed by atoms with Gasteiger partial charge in [-0.05, 0) is 31.6 Å². The van der Waals surface area contributed by atoms with Gasteiger partial charge in [0.2, 0.25) is 0 Å². The first-order valence-corrected chi connectivity index (χ1v) is 8.85. The number of hydrogen-bond acceptors (Lipinski definition) is 2. The molecule has 2 aliphatic rings. The Morgan fingerprint density at radius 3 is 2.45 bits per heavy atom. The molecule has 5 heteroatoms. The first-order valence-electron chi connectivity index (χ1n) is 8.85. The molecular weight excluding hydrogens is 389 g/mol. The number of nitrogens with zero attached hydrogens (tertiary/aromatic N) is 1. The number of aliphatic imine (C=N–C) groups is 1. The van der Waals surface area contributed by atoms with E-state index in [1.807, 2.05) is 0 Å². The lowest BCUT2D eigenvalue weighted by Crippen LogP contribution is -2.41. The van der Waals surface area contributed by atoms with E-state index in [4.69, 9.17) is 10.5 Å². The van der Waals surface area contributed by atoms with Gasteiger partial charge in [0.05, 0.1) is 6.10 Å². The van der Waals surface area contributed by atoms with Crippen LogP contribution < -0.4 is 11.1 Å². The quantitative estimate of drug-likeness (QED) is 0.314. The Kier molecular flexibility index (Phi) is 9.71. The van der Waals surface area contributed by atoms with Crippen molar-refractivity contribution in [2.24, 2.45) is 22.6 Å². The third-order valence-corrected chi connectivity index (χ3v) is 4.85. The summed E-state index contributed by atoms with van der Waals surface area (Å²) in [7, 11) is 0. The Bertz CT molecular complexity index is 328. The molecule has 0 radical (unpaired) electrons. The Hall–Kier alpha value is -0.0400. The predicted molar refractivity (Wildman–Crippen MR) is 104 cm³/mol. The Balaban J connectivity index is 0.00000242. The lowest BCUT2D eigenvalue weighted by Gasteiger charge is -2.33. The van der Waals surface area contributed by atoms with Gasteiger partial charge in [0.25, 0.3) is 0 Å². The van der Waals surface area contributed by atoms with Crippen LogP contribution in [0.5, 0.6) is 0 Å². The van der Waals surface area contributed by atoms with Crippen molar-refractivity contribution >= 4 is 29.9 Å². The summed E-state index contributed by atoms with van der Waals surface area (Å²) < 4.78 is 5.92. The average Bonchev–Trinajstić information content (AvgIpc) is 2.74. The van der Waals surface area contributed by atoms with Gasteiger partial charge in [-0.1, -0.05) is 39.5 Å². The largest absolute Gasteiger partial charge is 0.378 e. The monoisotopic (exact) mass is 423 g/mol. The lowest BCUT2D eigenvalue weighted by molar-refractivity contribution is -0.0491. The molecule has 0 aromatic heterocycles. The van der Waals surface area contributed by atoms with Gasteiger partial charge >= 0.3 is 0 Å². The van der Waals surface area contributed by atoms with Crippen LogP contribution in [0.25, 0.3) is 0 Å². The first-order chi connectivity index (χ1) is 10.2. The van der Waals surface area contributed by atoms with E-state index in [1.165, 1.54) is 44.9 Å². The zero-order valence-electron chi connectivity index (χ0n) is 14.2. The van der Waals surface area contributed by atoms with Crippen molar-refractivity contribution in [1.29, 1.82) is 0 Å². The minimum atomic E-state index is 0. The van der Waals surface area contributed by atoms with Crippen molar-refractivity contribution in [3.05, 3.63) is 0 Å². The molecule has 0 aromatic rings. The van der Waals surface area contributed by atoms with Crippen molar-refractivity contribution < 1.29 is 4.74 Å². The Morgan fingerprint density at radius 1 is 1.14 bits per heavy atom. The van der Waals surface area contributed by atoms with Crippen LogP contribution in [0.3, 0.4) is 0 Å². The normalized spacial score (nSPS) is 28.0. The lowest BCUT2D eigenvalue weighted by atomic mass is 9.87. The van der Waals surface area contributed by atoms with E-state index >= 15 is 0 Å². The van der Waals surface area contributed by atoms with Crippen LogP contribution in [0.15, 0.2) is 4.99 Å². The smallest absolute Gasteiger partial charge is 0.188 e. The zero-order valence-corrected chi connectivity index (χ0v) is 16.6. The molecular formula is C17H34IN3O. The molecule has 2 atom stereocenters. The minimum Gasteiger partial charge on any atom is -0.378 e. The molecule has 1 aliphatic carbocycles. The van der Waals surface area contributed by atoms with Crippen LogP contribution in [0.4, 0.5) is 0 Å². The van der Waals surface area contributed by atoms with Crippen LogP contribution >= 0.6 is 24.0 Å². The standard InChI is InChI=1S/C17H33N3O.HI/c1-13(2)16-14(8-7-11-21-16)12-19-17(18)20-15-9-5-3-4-6-10-15;/h13-16H,3-12H2,1-2H3,(H3,18,19,20);1H. The molecule has 0 bridgehead atoms. The molecule has 130 valence electrons. The van der Waals surface area contributed by atoms with Gasteiger partial charge in [-0.3, -0.25) is 4.99 Å². The highest BCUT2D eigenvalue weighted by Crippen LogP contribution is 2.26. The number of nitrogens with two attached hydrogens (primary N) is 1. The summed E-state index contributed by atoms with van der Waals surface area (Å²) in [4.78, 5) is 4.61. The molecule has 0 amide bonds. The van der Waals surface area contributed by atoms with E-state index in [1.54, 1.807) is 0 Å². The summed E-state index contributed by atoms with van der Waals surface area (Å²) in [5.41, 5.74) is 6.09. The Morgan fingerprint density at radius 2 is 1.82 bits per heavy atom. The third-order valence-electron chi connectivity index (χ3n) is 4.85. The molecule has 0 spiro atoms. The molecule has 1 aliphatic heterocycles. The SMILES string of the molecule is CC(C)C1OCCCC1CN=C(N)NC1CCCCCC1.I. The highest BCUT2D eigenvalue weighted by Gasteiger charge is 2.28. The van der Waals surface area contributed by atoms with Crippen molar-refractivity contribution in [2.75, 3.05) is 13.2 Å². The summed E-state index contributed by atoms with van der Waals surface area (Å²) in [5, 5.41) is 3.43. The number of ether oxygens (including phenoxy) is 1. The molecule has 1 saturated heterocycles. The fourth-order valence-corrected chi connectivity index (χ4v) is 3.69. The van der Waals surface area contributed by atoms with Gasteiger partial charge in [0.15, 0.2) is 5.96 Å². The van der Waals surface area contributed by atoms with E-state index in [2.05, 4.69) is 24.2 Å². The van der Waals surface area contributed by atoms with Gasteiger partial charge in [-0.2, -0.15) is 0 Å². The van der Waals surface area contributed by atoms with Gasteiger partial charge in [-0.15, -0.1) is 24.0 Å². The maximum absolute atomic E-state index is 6.09. The number of halogens is 1. The van der Waals surface area contributed by atoms with Gasteiger partial charge in [0.1, 0.15) is 0 Å². The van der Waals surface area contributed by atoms with Gasteiger partial charge in [-0.25, -0.2) is 0 Å². The van der Waals surface area contributed by atoms with Gasteiger partial charge in [0, 0.05) is 25.1 Å². The zero-order chi connectivity index (χ0) is 15.1. The van der Waals surface area contributed by atoms with Crippen molar-refractivity contribution in [3.63, 3.8) is 0 Å². The summed E-state index contributed by atoms with van der Waals surface area (Å²) in [6, 6.07) is 0.528. The maximum atomic E-state index is 6.09. The van der Waals surface area contributed by atoms with Crippen LogP contribution in [0.2, 0.25) is 0 Å². The second-order valence-corrected chi connectivity index (χ2v) is 7.04. The van der Waals surface area contributed by atoms with E-state index in [-0.39, 0.29) is 24.0 Å². The van der Waals surface area contributed by atoms with Crippen LogP contribution in [0.1, 0.15) is 65.2 Å². The minimum absolute atomic E-state index is 0. The highest BCUT2D eigenvalue weighted by molar-refractivity contribution is 14.0. The highest BCUT2D eigenvalue weighted by atomic mass is 127. The molecule has 1 saturated carbocycles. The summed E-state index contributed by atoms with van der Waals surface area (Å²) in [6.45, 7) is 6.17. The number of rotatable bonds is 4. The summed E-state index contributed by atoms with van der Waals surface area (Å²) in [6.07, 6.45) is 10.5. The second-order valence-electron chi connectivity index (χ2n) is 7.04. The van der Waals surface area contributed by atoms with Crippen LogP contribution in [-0.4, -0.2) is 31.3 Å². The molecule has 22 heavy (non-hydrogen) atoms. The van der Waals surface area contributed by atoms with Crippen molar-refractivity contribution in [1.82, 2.24) is 5.32 Å². The van der Waals surface area contributed by atoms with Crippen LogP contribution in [-0.2, 0) is 4.74 Å². The van der Waals surface area contributed by atoms with Gasteiger partial charge < -0.3 is 15.8 Å². The van der Waals surface area contributed by atoms with Crippen LogP contribution in [0, 0.1) is 11.8 Å². The Labute approximate surface area is 153 Å². The van der Waals surface area contributed by atoms with E-state index in [9.17, 15) is 0 Å². The number of nitrogens with one attached hydrogen (secondary N) is 1. The first kappa shape index (κ1) is 20.0. The summed E-state index contributed by atoms with van der Waals surface area (Å²) in [5.74, 6) is 1.71. The fraction of sp³-hybridized carbons (Fsp3) is 0.941. The molecule has 3 N–H and O–H groups in total. The number of guanidine groups is 1. The van der Waals surface area contributed by atoms with E-state index < -0.39 is 0 Å². The second kappa shape index (κ2) is 10.7. The topological polar surface area (TPSA) is 59.6 Å². The molecule has 0 aromatic carbocycles. The third kappa shape index (κ3) is 6.60. The maximum Gasteiger partial charge on any atom is 0.188 e. The van der Waals surface area contributed by atoms with E-state index in [0.29, 0.717) is 29.9 Å². The van der Waals surface area contributed by atoms with Crippen molar-refractivity contribution in [2.45, 2.75) is 77.4 Å². The molecule has 1 heterocycles. The van der Waals surface area contributed by atoms with Crippen molar-refractivity contribution in [3.8, 4) is 0 Å². The molecule has 4 nitrogen and oxygen atoms in total. The predicted octanol–water partition coefficient (Wildman–Crippen LogP) is 3.68. The summed E-state index contributed by atoms with van der Waals surface area (Å²) >= 11 is 0.